The molecule has 1 amide bonds. The van der Waals surface area contributed by atoms with Crippen LogP contribution in [0, 0.1) is 0 Å². The van der Waals surface area contributed by atoms with Crippen LogP contribution in [0.2, 0.25) is 0 Å². The number of carbonyl (C=O) groups is 1. The zero-order valence-electron chi connectivity index (χ0n) is 11.0. The van der Waals surface area contributed by atoms with Crippen molar-refractivity contribution in [3.05, 3.63) is 35.9 Å². The first-order valence-corrected chi connectivity index (χ1v) is 5.90. The molecule has 108 valence electrons. The van der Waals surface area contributed by atoms with E-state index in [1.54, 1.807) is 7.11 Å². The third-order valence-corrected chi connectivity index (χ3v) is 2.42. The summed E-state index contributed by atoms with van der Waals surface area (Å²) in [5.41, 5.74) is 6.63. The van der Waals surface area contributed by atoms with Crippen molar-refractivity contribution in [1.29, 1.82) is 0 Å². The summed E-state index contributed by atoms with van der Waals surface area (Å²) in [6.07, 6.45) is 0. The van der Waals surface area contributed by atoms with Crippen molar-refractivity contribution in [3.8, 4) is 0 Å². The number of nitrogens with two attached hydrogens (primary N) is 1. The number of amides is 1. The summed E-state index contributed by atoms with van der Waals surface area (Å²) in [6, 6.07) is 8.63. The van der Waals surface area contributed by atoms with Gasteiger partial charge in [0.1, 0.15) is 6.04 Å². The summed E-state index contributed by atoms with van der Waals surface area (Å²) in [5, 5.41) is 2.73. The van der Waals surface area contributed by atoms with E-state index in [4.69, 9.17) is 15.2 Å². The molecule has 0 fully saturated rings. The van der Waals surface area contributed by atoms with Gasteiger partial charge in [0, 0.05) is 13.7 Å². The van der Waals surface area contributed by atoms with Gasteiger partial charge in [-0.05, 0) is 5.56 Å². The van der Waals surface area contributed by atoms with Crippen LogP contribution in [-0.2, 0) is 14.3 Å². The van der Waals surface area contributed by atoms with E-state index < -0.39 is 6.04 Å². The molecule has 1 unspecified atom stereocenters. The lowest BCUT2D eigenvalue weighted by Gasteiger charge is -2.12. The van der Waals surface area contributed by atoms with Crippen LogP contribution in [0.1, 0.15) is 11.6 Å². The molecule has 1 aromatic rings. The molecule has 0 aliphatic carbocycles. The number of methoxy groups -OCH3 is 1. The van der Waals surface area contributed by atoms with E-state index in [0.29, 0.717) is 26.4 Å². The molecule has 0 aromatic heterocycles. The number of hydrogen-bond acceptors (Lipinski definition) is 4. The first kappa shape index (κ1) is 17.9. The number of hydrogen-bond donors (Lipinski definition) is 2. The van der Waals surface area contributed by atoms with Gasteiger partial charge in [-0.15, -0.1) is 12.4 Å². The second kappa shape index (κ2) is 10.8. The second-order valence-corrected chi connectivity index (χ2v) is 3.78. The minimum Gasteiger partial charge on any atom is -0.382 e. The SMILES string of the molecule is COCCOCCNC(=O)C(N)c1ccccc1.Cl. The third kappa shape index (κ3) is 7.12. The summed E-state index contributed by atoms with van der Waals surface area (Å²) in [7, 11) is 1.62. The fourth-order valence-corrected chi connectivity index (χ4v) is 1.41. The van der Waals surface area contributed by atoms with Crippen molar-refractivity contribution >= 4 is 18.3 Å². The lowest BCUT2D eigenvalue weighted by atomic mass is 10.1. The number of halogens is 1. The minimum absolute atomic E-state index is 0. The Hall–Kier alpha value is -1.14. The van der Waals surface area contributed by atoms with Gasteiger partial charge in [0.05, 0.1) is 19.8 Å². The maximum Gasteiger partial charge on any atom is 0.241 e. The van der Waals surface area contributed by atoms with E-state index in [9.17, 15) is 4.79 Å². The molecule has 0 saturated heterocycles. The maximum absolute atomic E-state index is 11.7. The molecule has 3 N–H and O–H groups in total. The molecular weight excluding hydrogens is 268 g/mol. The first-order valence-electron chi connectivity index (χ1n) is 5.90. The number of carbonyl (C=O) groups excluding carboxylic acids is 1. The zero-order chi connectivity index (χ0) is 13.2. The average Bonchev–Trinajstić information content (AvgIpc) is 2.42. The van der Waals surface area contributed by atoms with Crippen molar-refractivity contribution in [1.82, 2.24) is 5.32 Å². The molecule has 0 radical (unpaired) electrons. The Bertz CT molecular complexity index is 349. The Kier molecular flexibility index (Phi) is 10.1. The molecule has 1 atom stereocenters. The summed E-state index contributed by atoms with van der Waals surface area (Å²) >= 11 is 0. The standard InChI is InChI=1S/C13H20N2O3.ClH/c1-17-9-10-18-8-7-15-13(16)12(14)11-5-3-2-4-6-11;/h2-6,12H,7-10,14H2,1H3,(H,15,16);1H. The smallest absolute Gasteiger partial charge is 0.241 e. The first-order chi connectivity index (χ1) is 8.75. The fourth-order valence-electron chi connectivity index (χ4n) is 1.41. The quantitative estimate of drug-likeness (QED) is 0.697. The molecule has 19 heavy (non-hydrogen) atoms. The molecule has 6 heteroatoms. The van der Waals surface area contributed by atoms with E-state index in [2.05, 4.69) is 5.32 Å². The van der Waals surface area contributed by atoms with Crippen molar-refractivity contribution in [3.63, 3.8) is 0 Å². The molecule has 0 saturated carbocycles. The molecule has 1 aromatic carbocycles. The van der Waals surface area contributed by atoms with Crippen LogP contribution in [0.3, 0.4) is 0 Å². The highest BCUT2D eigenvalue weighted by molar-refractivity contribution is 5.85. The van der Waals surface area contributed by atoms with Crippen molar-refractivity contribution < 1.29 is 14.3 Å². The lowest BCUT2D eigenvalue weighted by molar-refractivity contribution is -0.122. The Morgan fingerprint density at radius 1 is 1.26 bits per heavy atom. The molecule has 1 rings (SSSR count). The van der Waals surface area contributed by atoms with E-state index in [-0.39, 0.29) is 18.3 Å². The fraction of sp³-hybridized carbons (Fsp3) is 0.462. The summed E-state index contributed by atoms with van der Waals surface area (Å²) in [6.45, 7) is 1.98. The Labute approximate surface area is 119 Å². The highest BCUT2D eigenvalue weighted by Gasteiger charge is 2.14. The molecule has 0 aliphatic heterocycles. The topological polar surface area (TPSA) is 73.6 Å². The van der Waals surface area contributed by atoms with Crippen LogP contribution >= 0.6 is 12.4 Å². The van der Waals surface area contributed by atoms with Gasteiger partial charge in [0.2, 0.25) is 5.91 Å². The minimum atomic E-state index is -0.634. The highest BCUT2D eigenvalue weighted by atomic mass is 35.5. The van der Waals surface area contributed by atoms with Crippen LogP contribution in [0.5, 0.6) is 0 Å². The van der Waals surface area contributed by atoms with E-state index in [1.807, 2.05) is 30.3 Å². The molecule has 0 aliphatic rings. The van der Waals surface area contributed by atoms with E-state index in [1.165, 1.54) is 0 Å². The van der Waals surface area contributed by atoms with Crippen molar-refractivity contribution in [2.45, 2.75) is 6.04 Å². The van der Waals surface area contributed by atoms with Gasteiger partial charge in [-0.3, -0.25) is 4.79 Å². The normalized spacial score (nSPS) is 11.5. The summed E-state index contributed by atoms with van der Waals surface area (Å²) in [4.78, 5) is 11.7. The van der Waals surface area contributed by atoms with Crippen molar-refractivity contribution in [2.24, 2.45) is 5.73 Å². The Balaban J connectivity index is 0.00000324. The lowest BCUT2D eigenvalue weighted by Crippen LogP contribution is -2.36. The monoisotopic (exact) mass is 288 g/mol. The Morgan fingerprint density at radius 2 is 1.95 bits per heavy atom. The van der Waals surface area contributed by atoms with E-state index in [0.717, 1.165) is 5.56 Å². The van der Waals surface area contributed by atoms with Crippen LogP contribution < -0.4 is 11.1 Å². The summed E-state index contributed by atoms with van der Waals surface area (Å²) in [5.74, 6) is -0.198. The van der Waals surface area contributed by atoms with Gasteiger partial charge >= 0.3 is 0 Å². The van der Waals surface area contributed by atoms with Gasteiger partial charge in [0.25, 0.3) is 0 Å². The predicted molar refractivity (Wildman–Crippen MR) is 76.3 cm³/mol. The van der Waals surface area contributed by atoms with Gasteiger partial charge in [-0.1, -0.05) is 30.3 Å². The predicted octanol–water partition coefficient (Wildman–Crippen LogP) is 0.887. The van der Waals surface area contributed by atoms with Crippen LogP contribution in [0.4, 0.5) is 0 Å². The third-order valence-electron chi connectivity index (χ3n) is 2.42. The molecule has 0 heterocycles. The van der Waals surface area contributed by atoms with Gasteiger partial charge < -0.3 is 20.5 Å². The zero-order valence-corrected chi connectivity index (χ0v) is 11.8. The second-order valence-electron chi connectivity index (χ2n) is 3.78. The largest absolute Gasteiger partial charge is 0.382 e. The highest BCUT2D eigenvalue weighted by Crippen LogP contribution is 2.08. The molecule has 0 bridgehead atoms. The molecule has 0 spiro atoms. The number of benzene rings is 1. The van der Waals surface area contributed by atoms with Gasteiger partial charge in [-0.25, -0.2) is 0 Å². The van der Waals surface area contributed by atoms with Crippen LogP contribution in [-0.4, -0.2) is 39.4 Å². The Morgan fingerprint density at radius 3 is 2.58 bits per heavy atom. The van der Waals surface area contributed by atoms with E-state index >= 15 is 0 Å². The maximum atomic E-state index is 11.7. The average molecular weight is 289 g/mol. The van der Waals surface area contributed by atoms with Crippen LogP contribution in [0.15, 0.2) is 30.3 Å². The van der Waals surface area contributed by atoms with Gasteiger partial charge in [0.15, 0.2) is 0 Å². The number of nitrogens with one attached hydrogen (secondary N) is 1. The van der Waals surface area contributed by atoms with Crippen LogP contribution in [0.25, 0.3) is 0 Å². The number of ether oxygens (including phenoxy) is 2. The van der Waals surface area contributed by atoms with Crippen molar-refractivity contribution in [2.75, 3.05) is 33.5 Å². The molecule has 5 nitrogen and oxygen atoms in total. The van der Waals surface area contributed by atoms with Gasteiger partial charge in [-0.2, -0.15) is 0 Å². The number of rotatable bonds is 8. The molecular formula is C13H21ClN2O3. The summed E-state index contributed by atoms with van der Waals surface area (Å²) < 4.78 is 10.1.